The quantitative estimate of drug-likeness (QED) is 0.242. The Morgan fingerprint density at radius 3 is 2.76 bits per heavy atom. The number of nitrogens with two attached hydrogens (primary N) is 1. The number of hydrogen-bond acceptors (Lipinski definition) is 8. The highest BCUT2D eigenvalue weighted by atomic mass is 35.5. The molecule has 0 aliphatic carbocycles. The van der Waals surface area contributed by atoms with Crippen molar-refractivity contribution in [3.63, 3.8) is 0 Å². The Balaban J connectivity index is 1.63. The van der Waals surface area contributed by atoms with E-state index in [0.29, 0.717) is 39.9 Å². The molecule has 0 atom stereocenters. The number of aryl methyl sites for hydroxylation is 1. The molecule has 0 saturated heterocycles. The molecule has 8 nitrogen and oxygen atoms in total. The fraction of sp³-hybridized carbons (Fsp3) is 0.174. The predicted octanol–water partition coefficient (Wildman–Crippen LogP) is 5.40. The van der Waals surface area contributed by atoms with Crippen LogP contribution in [0.25, 0.3) is 26.5 Å². The predicted molar refractivity (Wildman–Crippen MR) is 135 cm³/mol. The monoisotopic (exact) mass is 507 g/mol. The third kappa shape index (κ3) is 5.06. The summed E-state index contributed by atoms with van der Waals surface area (Å²) in [6.45, 7) is 8.15. The van der Waals surface area contributed by atoms with E-state index in [4.69, 9.17) is 29.0 Å². The molecular weight excluding hydrogens is 490 g/mol. The lowest BCUT2D eigenvalue weighted by Gasteiger charge is -2.11. The molecule has 170 valence electrons. The number of thiazole rings is 1. The van der Waals surface area contributed by atoms with Crippen LogP contribution >= 0.6 is 34.7 Å². The van der Waals surface area contributed by atoms with E-state index in [9.17, 15) is 5.26 Å². The number of aliphatic hydroxyl groups excluding tert-OH is 1. The zero-order valence-corrected chi connectivity index (χ0v) is 20.2. The van der Waals surface area contributed by atoms with Crippen LogP contribution in [-0.2, 0) is 12.3 Å². The smallest absolute Gasteiger partial charge is 0.237 e. The minimum Gasteiger partial charge on any atom is -0.396 e. The van der Waals surface area contributed by atoms with E-state index in [2.05, 4.69) is 26.0 Å². The molecule has 0 bridgehead atoms. The first kappa shape index (κ1) is 23.7. The first-order chi connectivity index (χ1) is 16.5. The van der Waals surface area contributed by atoms with E-state index in [1.165, 1.54) is 23.1 Å². The molecule has 0 aliphatic rings. The maximum atomic E-state index is 9.96. The number of thioether (sulfide) groups is 1. The summed E-state index contributed by atoms with van der Waals surface area (Å²) in [5, 5.41) is 27.2. The van der Waals surface area contributed by atoms with Gasteiger partial charge in [0, 0.05) is 52.2 Å². The number of hydrogen-bond donors (Lipinski definition) is 2. The van der Waals surface area contributed by atoms with E-state index >= 15 is 0 Å². The van der Waals surface area contributed by atoms with Crippen LogP contribution in [0.3, 0.4) is 0 Å². The number of aromatic nitrogens is 4. The minimum absolute atomic E-state index is 0.0469. The second kappa shape index (κ2) is 10.7. The highest BCUT2D eigenvalue weighted by molar-refractivity contribution is 7.98. The van der Waals surface area contributed by atoms with Gasteiger partial charge in [-0.05, 0) is 18.6 Å². The van der Waals surface area contributed by atoms with Crippen LogP contribution in [0.15, 0.2) is 47.1 Å². The van der Waals surface area contributed by atoms with Crippen molar-refractivity contribution in [1.29, 1.82) is 5.26 Å². The Hall–Kier alpha value is -3.41. The molecule has 4 aromatic rings. The average Bonchev–Trinajstić information content (AvgIpc) is 3.51. The van der Waals surface area contributed by atoms with Gasteiger partial charge >= 0.3 is 0 Å². The van der Waals surface area contributed by atoms with Gasteiger partial charge in [0.1, 0.15) is 21.9 Å². The Labute approximate surface area is 209 Å². The number of aliphatic hydroxyl groups is 1. The number of benzene rings is 1. The number of nitriles is 1. The summed E-state index contributed by atoms with van der Waals surface area (Å²) in [5.41, 5.74) is 9.36. The molecule has 3 N–H and O–H groups in total. The Morgan fingerprint density at radius 2 is 2.06 bits per heavy atom. The minimum atomic E-state index is 0.0469. The van der Waals surface area contributed by atoms with Gasteiger partial charge in [0.25, 0.3) is 0 Å². The summed E-state index contributed by atoms with van der Waals surface area (Å²) in [5.74, 6) is 0.548. The van der Waals surface area contributed by atoms with Gasteiger partial charge in [-0.1, -0.05) is 35.5 Å². The summed E-state index contributed by atoms with van der Waals surface area (Å²) in [6, 6.07) is 9.69. The standard InChI is InChI=1S/C23H18ClN7OS2/c1-27-20-19(15-10-28-31(11-15)7-2-8-32)18(9-25)23(30-21(20)26)34-13-17-12-33-22(29-17)14-3-5-16(24)6-4-14/h3-6,10-12,32H,2,7-8,13H2,(H2,26,30). The molecule has 0 saturated carbocycles. The first-order valence-electron chi connectivity index (χ1n) is 10.1. The topological polar surface area (TPSA) is 118 Å². The van der Waals surface area contributed by atoms with Gasteiger partial charge < -0.3 is 10.8 Å². The summed E-state index contributed by atoms with van der Waals surface area (Å²) in [7, 11) is 0. The van der Waals surface area contributed by atoms with Crippen LogP contribution < -0.4 is 5.73 Å². The van der Waals surface area contributed by atoms with Gasteiger partial charge in [0.05, 0.1) is 24.0 Å². The highest BCUT2D eigenvalue weighted by Gasteiger charge is 2.22. The molecule has 4 rings (SSSR count). The number of rotatable bonds is 8. The van der Waals surface area contributed by atoms with Crippen LogP contribution in [0.4, 0.5) is 11.5 Å². The highest BCUT2D eigenvalue weighted by Crippen LogP contribution is 2.41. The maximum Gasteiger partial charge on any atom is 0.237 e. The number of anilines is 1. The van der Waals surface area contributed by atoms with Crippen molar-refractivity contribution in [1.82, 2.24) is 19.7 Å². The van der Waals surface area contributed by atoms with Crippen molar-refractivity contribution in [2.24, 2.45) is 0 Å². The van der Waals surface area contributed by atoms with Crippen molar-refractivity contribution in [2.75, 3.05) is 12.3 Å². The SMILES string of the molecule is [C-]#[N+]c1c(N)nc(SCc2csc(-c3ccc(Cl)cc3)n2)c(C#N)c1-c1cnn(CCCO)c1. The molecule has 0 unspecified atom stereocenters. The van der Waals surface area contributed by atoms with Crippen molar-refractivity contribution in [3.8, 4) is 27.8 Å². The molecule has 0 aliphatic heterocycles. The molecule has 0 radical (unpaired) electrons. The van der Waals surface area contributed by atoms with Gasteiger partial charge in [0.15, 0.2) is 0 Å². The molecule has 0 amide bonds. The molecule has 1 aromatic carbocycles. The lowest BCUT2D eigenvalue weighted by molar-refractivity contribution is 0.277. The van der Waals surface area contributed by atoms with Crippen LogP contribution in [-0.4, -0.2) is 31.5 Å². The van der Waals surface area contributed by atoms with Gasteiger partial charge in [-0.15, -0.1) is 11.3 Å². The molecule has 11 heteroatoms. The van der Waals surface area contributed by atoms with Crippen LogP contribution in [0.1, 0.15) is 17.7 Å². The molecule has 3 aromatic heterocycles. The van der Waals surface area contributed by atoms with Crippen molar-refractivity contribution in [3.05, 3.63) is 69.7 Å². The maximum absolute atomic E-state index is 9.96. The van der Waals surface area contributed by atoms with Gasteiger partial charge in [-0.2, -0.15) is 10.4 Å². The van der Waals surface area contributed by atoms with Crippen molar-refractivity contribution in [2.45, 2.75) is 23.7 Å². The normalized spacial score (nSPS) is 10.7. The first-order valence-corrected chi connectivity index (χ1v) is 12.4. The van der Waals surface area contributed by atoms with E-state index in [1.54, 1.807) is 17.1 Å². The molecule has 0 fully saturated rings. The second-order valence-electron chi connectivity index (χ2n) is 7.13. The third-order valence-corrected chi connectivity index (χ3v) is 7.06. The number of pyridine rings is 1. The second-order valence-corrected chi connectivity index (χ2v) is 9.39. The van der Waals surface area contributed by atoms with Gasteiger partial charge in [-0.3, -0.25) is 4.68 Å². The summed E-state index contributed by atoms with van der Waals surface area (Å²) in [4.78, 5) is 12.6. The van der Waals surface area contributed by atoms with E-state index in [0.717, 1.165) is 16.3 Å². The largest absolute Gasteiger partial charge is 0.396 e. The third-order valence-electron chi connectivity index (χ3n) is 4.86. The molecule has 3 heterocycles. The average molecular weight is 508 g/mol. The summed E-state index contributed by atoms with van der Waals surface area (Å²) >= 11 is 8.84. The Morgan fingerprint density at radius 1 is 1.26 bits per heavy atom. The fourth-order valence-electron chi connectivity index (χ4n) is 3.26. The molecular formula is C23H18ClN7OS2. The van der Waals surface area contributed by atoms with Crippen LogP contribution in [0.2, 0.25) is 5.02 Å². The summed E-state index contributed by atoms with van der Waals surface area (Å²) < 4.78 is 1.66. The van der Waals surface area contributed by atoms with Crippen LogP contribution in [0, 0.1) is 17.9 Å². The Bertz CT molecular complexity index is 1400. The fourth-order valence-corrected chi connectivity index (χ4v) is 5.21. The van der Waals surface area contributed by atoms with Crippen molar-refractivity contribution < 1.29 is 5.11 Å². The number of halogens is 1. The zero-order chi connectivity index (χ0) is 24.1. The van der Waals surface area contributed by atoms with E-state index in [1.807, 2.05) is 29.6 Å². The van der Waals surface area contributed by atoms with Gasteiger partial charge in [0.2, 0.25) is 5.69 Å². The zero-order valence-electron chi connectivity index (χ0n) is 17.8. The summed E-state index contributed by atoms with van der Waals surface area (Å²) in [6.07, 6.45) is 3.88. The lowest BCUT2D eigenvalue weighted by atomic mass is 10.0. The molecule has 0 spiro atoms. The van der Waals surface area contributed by atoms with Crippen molar-refractivity contribution >= 4 is 46.2 Å². The Kier molecular flexibility index (Phi) is 7.46. The van der Waals surface area contributed by atoms with Gasteiger partial charge in [-0.25, -0.2) is 14.8 Å². The van der Waals surface area contributed by atoms with E-state index in [-0.39, 0.29) is 23.7 Å². The van der Waals surface area contributed by atoms with Crippen LogP contribution in [0.5, 0.6) is 0 Å². The molecule has 34 heavy (non-hydrogen) atoms. The van der Waals surface area contributed by atoms with E-state index < -0.39 is 0 Å². The number of nitrogens with zero attached hydrogens (tertiary/aromatic N) is 6. The number of nitrogen functional groups attached to an aromatic ring is 1. The lowest BCUT2D eigenvalue weighted by Crippen LogP contribution is -2.00.